The van der Waals surface area contributed by atoms with Gasteiger partial charge in [-0.15, -0.1) is 0 Å². The van der Waals surface area contributed by atoms with Gasteiger partial charge in [-0.2, -0.15) is 0 Å². The van der Waals surface area contributed by atoms with Gasteiger partial charge in [0.2, 0.25) is 0 Å². The van der Waals surface area contributed by atoms with E-state index in [-0.39, 0.29) is 1.43 Å². The molecule has 1 rings (SSSR count). The molecule has 1 N–H and O–H groups in total. The average molecular weight is 230 g/mol. The molecule has 0 saturated carbocycles. The van der Waals surface area contributed by atoms with E-state index >= 15 is 0 Å². The molecule has 0 aromatic carbocycles. The first-order valence-corrected chi connectivity index (χ1v) is 6.68. The van der Waals surface area contributed by atoms with Crippen LogP contribution in [0.1, 0.15) is 42.0 Å². The SMILES string of the molecule is CC(C)NCCOC1CCN(C(C)C)CC1.[HH]. The highest BCUT2D eigenvalue weighted by Gasteiger charge is 2.20. The normalized spacial score (nSPS) is 19.9. The van der Waals surface area contributed by atoms with Crippen molar-refractivity contribution in [3.63, 3.8) is 0 Å². The van der Waals surface area contributed by atoms with Crippen LogP contribution in [0.5, 0.6) is 0 Å². The highest BCUT2D eigenvalue weighted by atomic mass is 16.5. The largest absolute Gasteiger partial charge is 0.377 e. The third kappa shape index (κ3) is 5.28. The molecule has 0 amide bonds. The molecule has 0 aromatic heterocycles. The van der Waals surface area contributed by atoms with Gasteiger partial charge in [-0.05, 0) is 26.7 Å². The molecule has 0 aliphatic carbocycles. The topological polar surface area (TPSA) is 24.5 Å². The molecule has 1 fully saturated rings. The number of piperidine rings is 1. The lowest BCUT2D eigenvalue weighted by atomic mass is 10.1. The van der Waals surface area contributed by atoms with Crippen molar-refractivity contribution in [3.8, 4) is 0 Å². The molecule has 0 radical (unpaired) electrons. The third-order valence-corrected chi connectivity index (χ3v) is 3.22. The minimum Gasteiger partial charge on any atom is -0.377 e. The molecule has 1 aliphatic rings. The third-order valence-electron chi connectivity index (χ3n) is 3.22. The second-order valence-electron chi connectivity index (χ2n) is 5.31. The van der Waals surface area contributed by atoms with E-state index in [1.807, 2.05) is 0 Å². The summed E-state index contributed by atoms with van der Waals surface area (Å²) in [6, 6.07) is 1.25. The van der Waals surface area contributed by atoms with Crippen LogP contribution in [-0.4, -0.2) is 49.3 Å². The lowest BCUT2D eigenvalue weighted by Gasteiger charge is -2.34. The van der Waals surface area contributed by atoms with Gasteiger partial charge >= 0.3 is 0 Å². The Morgan fingerprint density at radius 3 is 2.38 bits per heavy atom. The van der Waals surface area contributed by atoms with Gasteiger partial charge in [0.05, 0.1) is 12.7 Å². The molecule has 1 saturated heterocycles. The van der Waals surface area contributed by atoms with Gasteiger partial charge in [0.25, 0.3) is 0 Å². The Morgan fingerprint density at radius 1 is 1.25 bits per heavy atom. The van der Waals surface area contributed by atoms with Crippen LogP contribution in [0.25, 0.3) is 0 Å². The van der Waals surface area contributed by atoms with Gasteiger partial charge < -0.3 is 15.0 Å². The van der Waals surface area contributed by atoms with E-state index in [9.17, 15) is 0 Å². The van der Waals surface area contributed by atoms with Crippen molar-refractivity contribution in [2.45, 2.75) is 58.7 Å². The molecule has 98 valence electrons. The zero-order chi connectivity index (χ0) is 12.0. The van der Waals surface area contributed by atoms with Crippen LogP contribution in [-0.2, 0) is 4.74 Å². The van der Waals surface area contributed by atoms with Crippen LogP contribution < -0.4 is 5.32 Å². The number of nitrogens with zero attached hydrogens (tertiary/aromatic N) is 1. The predicted molar refractivity (Wildman–Crippen MR) is 70.9 cm³/mol. The predicted octanol–water partition coefficient (Wildman–Crippen LogP) is 2.12. The molecular weight excluding hydrogens is 200 g/mol. The van der Waals surface area contributed by atoms with E-state index in [1.54, 1.807) is 0 Å². The highest BCUT2D eigenvalue weighted by Crippen LogP contribution is 2.15. The Bertz CT molecular complexity index is 180. The zero-order valence-electron chi connectivity index (χ0n) is 11.3. The maximum Gasteiger partial charge on any atom is 0.0600 e. The van der Waals surface area contributed by atoms with Gasteiger partial charge in [0, 0.05) is 33.1 Å². The Morgan fingerprint density at radius 2 is 1.88 bits per heavy atom. The second-order valence-corrected chi connectivity index (χ2v) is 5.31. The molecular formula is C13H30N2O. The molecule has 0 aromatic rings. The first-order valence-electron chi connectivity index (χ1n) is 6.68. The van der Waals surface area contributed by atoms with Crippen LogP contribution in [0.3, 0.4) is 0 Å². The minimum atomic E-state index is 0. The summed E-state index contributed by atoms with van der Waals surface area (Å²) in [4.78, 5) is 2.53. The van der Waals surface area contributed by atoms with E-state index in [2.05, 4.69) is 37.9 Å². The Hall–Kier alpha value is -0.120. The van der Waals surface area contributed by atoms with Crippen LogP contribution in [0.4, 0.5) is 0 Å². The van der Waals surface area contributed by atoms with E-state index in [0.717, 1.165) is 13.2 Å². The number of hydrogen-bond donors (Lipinski definition) is 1. The Kier molecular flexibility index (Phi) is 6.32. The quantitative estimate of drug-likeness (QED) is 0.707. The van der Waals surface area contributed by atoms with Crippen LogP contribution >= 0.6 is 0 Å². The number of ether oxygens (including phenoxy) is 1. The van der Waals surface area contributed by atoms with Crippen molar-refractivity contribution >= 4 is 0 Å². The van der Waals surface area contributed by atoms with Crippen LogP contribution in [0.15, 0.2) is 0 Å². The molecule has 0 unspecified atom stereocenters. The molecule has 3 heteroatoms. The van der Waals surface area contributed by atoms with Crippen molar-refractivity contribution in [1.82, 2.24) is 10.2 Å². The number of likely N-dealkylation sites (tertiary alicyclic amines) is 1. The van der Waals surface area contributed by atoms with Crippen LogP contribution in [0, 0.1) is 0 Å². The summed E-state index contributed by atoms with van der Waals surface area (Å²) < 4.78 is 5.87. The summed E-state index contributed by atoms with van der Waals surface area (Å²) in [6.07, 6.45) is 2.88. The second kappa shape index (κ2) is 7.25. The smallest absolute Gasteiger partial charge is 0.0600 e. The van der Waals surface area contributed by atoms with Gasteiger partial charge in [0.15, 0.2) is 0 Å². The minimum absolute atomic E-state index is 0. The van der Waals surface area contributed by atoms with Crippen molar-refractivity contribution in [3.05, 3.63) is 0 Å². The first-order chi connectivity index (χ1) is 7.59. The lowest BCUT2D eigenvalue weighted by Crippen LogP contribution is -2.41. The van der Waals surface area contributed by atoms with E-state index in [4.69, 9.17) is 4.74 Å². The summed E-state index contributed by atoms with van der Waals surface area (Å²) in [5.74, 6) is 0. The summed E-state index contributed by atoms with van der Waals surface area (Å²) in [5.41, 5.74) is 0. The Balaban J connectivity index is 0.00000256. The number of nitrogens with one attached hydrogen (secondary N) is 1. The van der Waals surface area contributed by atoms with Crippen molar-refractivity contribution in [2.24, 2.45) is 0 Å². The fraction of sp³-hybridized carbons (Fsp3) is 1.00. The molecule has 1 aliphatic heterocycles. The van der Waals surface area contributed by atoms with Crippen molar-refractivity contribution in [1.29, 1.82) is 0 Å². The van der Waals surface area contributed by atoms with E-state index in [1.165, 1.54) is 25.9 Å². The van der Waals surface area contributed by atoms with Gasteiger partial charge in [-0.1, -0.05) is 13.8 Å². The first kappa shape index (κ1) is 13.9. The van der Waals surface area contributed by atoms with Crippen LogP contribution in [0.2, 0.25) is 0 Å². The van der Waals surface area contributed by atoms with Gasteiger partial charge in [-0.25, -0.2) is 0 Å². The monoisotopic (exact) mass is 230 g/mol. The molecule has 0 atom stereocenters. The number of rotatable bonds is 6. The molecule has 1 heterocycles. The highest BCUT2D eigenvalue weighted by molar-refractivity contribution is 4.74. The fourth-order valence-electron chi connectivity index (χ4n) is 2.13. The van der Waals surface area contributed by atoms with E-state index in [0.29, 0.717) is 18.2 Å². The van der Waals surface area contributed by atoms with Gasteiger partial charge in [-0.3, -0.25) is 0 Å². The maximum atomic E-state index is 5.87. The summed E-state index contributed by atoms with van der Waals surface area (Å²) >= 11 is 0. The maximum absolute atomic E-state index is 5.87. The summed E-state index contributed by atoms with van der Waals surface area (Å²) in [5, 5.41) is 3.38. The summed E-state index contributed by atoms with van der Waals surface area (Å²) in [7, 11) is 0. The van der Waals surface area contributed by atoms with Gasteiger partial charge in [0.1, 0.15) is 0 Å². The molecule has 0 spiro atoms. The molecule has 0 bridgehead atoms. The van der Waals surface area contributed by atoms with Crippen molar-refractivity contribution < 1.29 is 6.16 Å². The fourth-order valence-corrected chi connectivity index (χ4v) is 2.13. The number of hydrogen-bond acceptors (Lipinski definition) is 3. The Labute approximate surface area is 102 Å². The molecule has 16 heavy (non-hydrogen) atoms. The standard InChI is InChI=1S/C13H28N2O.H2/c1-11(2)14-7-10-16-13-5-8-15(9-6-13)12(3)4;/h11-14H,5-10H2,1-4H3;1H. The lowest BCUT2D eigenvalue weighted by molar-refractivity contribution is 0.00251. The van der Waals surface area contributed by atoms with E-state index < -0.39 is 0 Å². The average Bonchev–Trinajstić information content (AvgIpc) is 2.25. The summed E-state index contributed by atoms with van der Waals surface area (Å²) in [6.45, 7) is 13.1. The van der Waals surface area contributed by atoms with Crippen molar-refractivity contribution in [2.75, 3.05) is 26.2 Å². The molecule has 3 nitrogen and oxygen atoms in total. The zero-order valence-corrected chi connectivity index (χ0v) is 11.3.